The van der Waals surface area contributed by atoms with Crippen molar-refractivity contribution in [3.63, 3.8) is 0 Å². The van der Waals surface area contributed by atoms with Crippen LogP contribution in [0.2, 0.25) is 0 Å². The molecule has 0 atom stereocenters. The van der Waals surface area contributed by atoms with Crippen LogP contribution in [0, 0.1) is 0 Å². The van der Waals surface area contributed by atoms with Gasteiger partial charge in [0.1, 0.15) is 11.9 Å². The van der Waals surface area contributed by atoms with Crippen LogP contribution in [0.3, 0.4) is 0 Å². The summed E-state index contributed by atoms with van der Waals surface area (Å²) in [6, 6.07) is 22.0. The van der Waals surface area contributed by atoms with E-state index in [4.69, 9.17) is 4.74 Å². The standard InChI is InChI=1S/C25H28N2O2S/c28-25(26-14-11-20-6-2-1-3-7-20)21-8-4-9-23(18-21)29-22-12-15-27(16-13-22)19-24-10-5-17-30-24/h1-10,17-18,22H,11-16,19H2,(H,26,28). The number of hydrogen-bond donors (Lipinski definition) is 1. The van der Waals surface area contributed by atoms with Gasteiger partial charge in [0.2, 0.25) is 0 Å². The smallest absolute Gasteiger partial charge is 0.251 e. The first kappa shape index (κ1) is 20.6. The Morgan fingerprint density at radius 2 is 1.87 bits per heavy atom. The van der Waals surface area contributed by atoms with Gasteiger partial charge in [-0.05, 0) is 54.5 Å². The van der Waals surface area contributed by atoms with Crippen molar-refractivity contribution in [1.29, 1.82) is 0 Å². The Morgan fingerprint density at radius 1 is 1.03 bits per heavy atom. The summed E-state index contributed by atoms with van der Waals surface area (Å²) in [5.41, 5.74) is 1.87. The highest BCUT2D eigenvalue weighted by molar-refractivity contribution is 7.09. The number of nitrogens with one attached hydrogen (secondary N) is 1. The van der Waals surface area contributed by atoms with Crippen molar-refractivity contribution in [2.45, 2.75) is 31.9 Å². The van der Waals surface area contributed by atoms with Crippen LogP contribution >= 0.6 is 11.3 Å². The predicted octanol–water partition coefficient (Wildman–Crippen LogP) is 4.76. The van der Waals surface area contributed by atoms with Crippen molar-refractivity contribution in [1.82, 2.24) is 10.2 Å². The number of likely N-dealkylation sites (tertiary alicyclic amines) is 1. The third-order valence-corrected chi connectivity index (χ3v) is 6.30. The van der Waals surface area contributed by atoms with Crippen LogP contribution in [-0.2, 0) is 13.0 Å². The summed E-state index contributed by atoms with van der Waals surface area (Å²) in [7, 11) is 0. The molecule has 0 unspecified atom stereocenters. The zero-order valence-corrected chi connectivity index (χ0v) is 17.9. The molecule has 1 aliphatic heterocycles. The Morgan fingerprint density at radius 3 is 2.63 bits per heavy atom. The van der Waals surface area contributed by atoms with Crippen molar-refractivity contribution in [2.75, 3.05) is 19.6 Å². The molecule has 30 heavy (non-hydrogen) atoms. The van der Waals surface area contributed by atoms with Crippen LogP contribution in [0.4, 0.5) is 0 Å². The Labute approximate surface area is 182 Å². The average molecular weight is 421 g/mol. The van der Waals surface area contributed by atoms with E-state index in [9.17, 15) is 4.79 Å². The molecule has 1 aromatic heterocycles. The largest absolute Gasteiger partial charge is 0.490 e. The maximum absolute atomic E-state index is 12.5. The molecule has 4 nitrogen and oxygen atoms in total. The molecule has 4 rings (SSSR count). The van der Waals surface area contributed by atoms with Crippen LogP contribution in [0.15, 0.2) is 72.1 Å². The Bertz CT molecular complexity index is 919. The van der Waals surface area contributed by atoms with Crippen LogP contribution in [0.5, 0.6) is 5.75 Å². The number of carbonyl (C=O) groups is 1. The van der Waals surface area contributed by atoms with Gasteiger partial charge < -0.3 is 10.1 Å². The molecule has 5 heteroatoms. The molecule has 0 saturated carbocycles. The van der Waals surface area contributed by atoms with Gasteiger partial charge in [-0.15, -0.1) is 11.3 Å². The van der Waals surface area contributed by atoms with Crippen LogP contribution in [-0.4, -0.2) is 36.5 Å². The molecule has 0 bridgehead atoms. The molecule has 2 heterocycles. The second-order valence-electron chi connectivity index (χ2n) is 7.69. The number of nitrogens with zero attached hydrogens (tertiary/aromatic N) is 1. The summed E-state index contributed by atoms with van der Waals surface area (Å²) < 4.78 is 6.20. The zero-order valence-electron chi connectivity index (χ0n) is 17.1. The van der Waals surface area contributed by atoms with Gasteiger partial charge in [0.15, 0.2) is 0 Å². The number of ether oxygens (including phenoxy) is 1. The SMILES string of the molecule is O=C(NCCc1ccccc1)c1cccc(OC2CCN(Cc3cccs3)CC2)c1. The summed E-state index contributed by atoms with van der Waals surface area (Å²) in [4.78, 5) is 16.4. The minimum atomic E-state index is -0.0536. The maximum atomic E-state index is 12.5. The molecule has 0 radical (unpaired) electrons. The summed E-state index contributed by atoms with van der Waals surface area (Å²) in [5, 5.41) is 5.14. The quantitative estimate of drug-likeness (QED) is 0.571. The second kappa shape index (κ2) is 10.4. The second-order valence-corrected chi connectivity index (χ2v) is 8.72. The fourth-order valence-corrected chi connectivity index (χ4v) is 4.52. The van der Waals surface area contributed by atoms with E-state index in [1.165, 1.54) is 10.4 Å². The molecule has 2 aromatic carbocycles. The Balaban J connectivity index is 1.23. The van der Waals surface area contributed by atoms with Gasteiger partial charge >= 0.3 is 0 Å². The molecular formula is C25H28N2O2S. The molecule has 1 aliphatic rings. The first-order valence-corrected chi connectivity index (χ1v) is 11.5. The van der Waals surface area contributed by atoms with Crippen molar-refractivity contribution in [3.8, 4) is 5.75 Å². The molecule has 1 fully saturated rings. The molecule has 3 aromatic rings. The van der Waals surface area contributed by atoms with E-state index in [1.807, 2.05) is 53.8 Å². The van der Waals surface area contributed by atoms with E-state index in [1.54, 1.807) is 0 Å². The van der Waals surface area contributed by atoms with Crippen LogP contribution < -0.4 is 10.1 Å². The highest BCUT2D eigenvalue weighted by Gasteiger charge is 2.21. The zero-order chi connectivity index (χ0) is 20.6. The lowest BCUT2D eigenvalue weighted by Gasteiger charge is -2.31. The minimum absolute atomic E-state index is 0.0536. The number of benzene rings is 2. The number of rotatable bonds is 8. The minimum Gasteiger partial charge on any atom is -0.490 e. The molecule has 1 amide bonds. The number of amides is 1. The summed E-state index contributed by atoms with van der Waals surface area (Å²) in [6.45, 7) is 3.74. The van der Waals surface area contributed by atoms with Crippen molar-refractivity contribution in [3.05, 3.63) is 88.1 Å². The van der Waals surface area contributed by atoms with Gasteiger partial charge in [0, 0.05) is 36.6 Å². The molecule has 1 N–H and O–H groups in total. The van der Waals surface area contributed by atoms with Gasteiger partial charge in [-0.25, -0.2) is 0 Å². The van der Waals surface area contributed by atoms with Crippen molar-refractivity contribution < 1.29 is 9.53 Å². The molecule has 0 aliphatic carbocycles. The maximum Gasteiger partial charge on any atom is 0.251 e. The fraction of sp³-hybridized carbons (Fsp3) is 0.320. The number of thiophene rings is 1. The van der Waals surface area contributed by atoms with Crippen molar-refractivity contribution >= 4 is 17.2 Å². The summed E-state index contributed by atoms with van der Waals surface area (Å²) >= 11 is 1.82. The van der Waals surface area contributed by atoms with E-state index in [-0.39, 0.29) is 12.0 Å². The van der Waals surface area contributed by atoms with E-state index in [0.29, 0.717) is 12.1 Å². The third-order valence-electron chi connectivity index (χ3n) is 5.44. The lowest BCUT2D eigenvalue weighted by Crippen LogP contribution is -2.37. The van der Waals surface area contributed by atoms with Gasteiger partial charge in [0.05, 0.1) is 0 Å². The van der Waals surface area contributed by atoms with Gasteiger partial charge in [-0.2, -0.15) is 0 Å². The average Bonchev–Trinajstić information content (AvgIpc) is 3.29. The van der Waals surface area contributed by atoms with Gasteiger partial charge in [0.25, 0.3) is 5.91 Å². The number of piperidine rings is 1. The monoisotopic (exact) mass is 420 g/mol. The summed E-state index contributed by atoms with van der Waals surface area (Å²) in [6.07, 6.45) is 3.06. The molecule has 1 saturated heterocycles. The van der Waals surface area contributed by atoms with Gasteiger partial charge in [-0.3, -0.25) is 9.69 Å². The normalized spacial score (nSPS) is 15.1. The highest BCUT2D eigenvalue weighted by Crippen LogP contribution is 2.22. The van der Waals surface area contributed by atoms with Crippen LogP contribution in [0.25, 0.3) is 0 Å². The number of carbonyl (C=O) groups excluding carboxylic acids is 1. The molecular weight excluding hydrogens is 392 g/mol. The van der Waals surface area contributed by atoms with E-state index in [2.05, 4.69) is 39.9 Å². The van der Waals surface area contributed by atoms with Crippen LogP contribution in [0.1, 0.15) is 33.6 Å². The van der Waals surface area contributed by atoms with E-state index < -0.39 is 0 Å². The Hall–Kier alpha value is -2.63. The predicted molar refractivity (Wildman–Crippen MR) is 122 cm³/mol. The fourth-order valence-electron chi connectivity index (χ4n) is 3.78. The lowest BCUT2D eigenvalue weighted by atomic mass is 10.1. The van der Waals surface area contributed by atoms with E-state index >= 15 is 0 Å². The first-order chi connectivity index (χ1) is 14.8. The van der Waals surface area contributed by atoms with Crippen molar-refractivity contribution in [2.24, 2.45) is 0 Å². The molecule has 156 valence electrons. The van der Waals surface area contributed by atoms with Gasteiger partial charge in [-0.1, -0.05) is 42.5 Å². The first-order valence-electron chi connectivity index (χ1n) is 10.6. The third kappa shape index (κ3) is 5.94. The highest BCUT2D eigenvalue weighted by atomic mass is 32.1. The lowest BCUT2D eigenvalue weighted by molar-refractivity contribution is 0.0938. The molecule has 0 spiro atoms. The topological polar surface area (TPSA) is 41.6 Å². The Kier molecular flexibility index (Phi) is 7.16. The summed E-state index contributed by atoms with van der Waals surface area (Å²) in [5.74, 6) is 0.726. The van der Waals surface area contributed by atoms with E-state index in [0.717, 1.165) is 44.6 Å². The number of hydrogen-bond acceptors (Lipinski definition) is 4.